The molecule has 0 amide bonds. The van der Waals surface area contributed by atoms with E-state index in [2.05, 4.69) is 9.97 Å². The zero-order valence-electron chi connectivity index (χ0n) is 11.6. The molecule has 6 heteroatoms. The Morgan fingerprint density at radius 1 is 1.29 bits per heavy atom. The van der Waals surface area contributed by atoms with Gasteiger partial charge in [0.1, 0.15) is 17.9 Å². The molecule has 108 valence electrons. The molecule has 0 saturated heterocycles. The number of aromatic nitrogens is 3. The molecule has 0 fully saturated rings. The van der Waals surface area contributed by atoms with Crippen molar-refractivity contribution in [2.75, 3.05) is 12.8 Å². The zero-order valence-corrected chi connectivity index (χ0v) is 12.3. The van der Waals surface area contributed by atoms with Crippen LogP contribution in [0.4, 0.5) is 5.69 Å². The van der Waals surface area contributed by atoms with Crippen molar-refractivity contribution in [2.45, 2.75) is 13.2 Å². The summed E-state index contributed by atoms with van der Waals surface area (Å²) in [6, 6.07) is 9.56. The van der Waals surface area contributed by atoms with Crippen LogP contribution in [0.3, 0.4) is 0 Å². The van der Waals surface area contributed by atoms with E-state index in [1.54, 1.807) is 13.3 Å². The number of pyridine rings is 1. The average Bonchev–Trinajstić information content (AvgIpc) is 2.79. The molecule has 0 aliphatic carbocycles. The number of nitrogen functional groups attached to an aromatic ring is 1. The molecule has 0 aliphatic heterocycles. The summed E-state index contributed by atoms with van der Waals surface area (Å²) in [4.78, 5) is 8.93. The maximum Gasteiger partial charge on any atom is 0.160 e. The van der Waals surface area contributed by atoms with Gasteiger partial charge in [0.2, 0.25) is 0 Å². The first kappa shape index (κ1) is 13.9. The molecule has 0 spiro atoms. The van der Waals surface area contributed by atoms with Gasteiger partial charge < -0.3 is 15.0 Å². The number of fused-ring (bicyclic) bond motifs is 1. The van der Waals surface area contributed by atoms with E-state index in [9.17, 15) is 0 Å². The fraction of sp³-hybridized carbons (Fsp3) is 0.200. The lowest BCUT2D eigenvalue weighted by Gasteiger charge is -2.08. The number of hydrogen-bond donors (Lipinski definition) is 1. The van der Waals surface area contributed by atoms with Crippen molar-refractivity contribution >= 4 is 28.5 Å². The lowest BCUT2D eigenvalue weighted by atomic mass is 10.2. The van der Waals surface area contributed by atoms with Gasteiger partial charge in [-0.3, -0.25) is 0 Å². The summed E-state index contributed by atoms with van der Waals surface area (Å²) in [5, 5.41) is 0.573. The summed E-state index contributed by atoms with van der Waals surface area (Å²) < 4.78 is 7.25. The standard InChI is InChI=1S/C15H15ClN4O/c1-21-9-14-19-13-6-11(16)7-18-15(13)20(14)8-10-2-4-12(17)5-3-10/h2-7H,8-9,17H2,1H3. The van der Waals surface area contributed by atoms with Crippen LogP contribution >= 0.6 is 11.6 Å². The molecule has 0 unspecified atom stereocenters. The van der Waals surface area contributed by atoms with Gasteiger partial charge in [0.05, 0.1) is 11.6 Å². The monoisotopic (exact) mass is 302 g/mol. The van der Waals surface area contributed by atoms with Crippen LogP contribution in [0.15, 0.2) is 36.5 Å². The number of anilines is 1. The van der Waals surface area contributed by atoms with Gasteiger partial charge in [-0.15, -0.1) is 0 Å². The second-order valence-electron chi connectivity index (χ2n) is 4.79. The van der Waals surface area contributed by atoms with E-state index in [4.69, 9.17) is 22.1 Å². The molecular formula is C15H15ClN4O. The Morgan fingerprint density at radius 3 is 2.76 bits per heavy atom. The molecule has 0 atom stereocenters. The fourth-order valence-electron chi connectivity index (χ4n) is 2.24. The van der Waals surface area contributed by atoms with Crippen LogP contribution in [-0.4, -0.2) is 21.6 Å². The number of halogens is 1. The molecular weight excluding hydrogens is 288 g/mol. The molecule has 1 aromatic carbocycles. The number of rotatable bonds is 4. The van der Waals surface area contributed by atoms with Crippen LogP contribution in [0.2, 0.25) is 5.02 Å². The molecule has 5 nitrogen and oxygen atoms in total. The normalized spacial score (nSPS) is 11.1. The maximum atomic E-state index is 5.98. The Bertz CT molecular complexity index is 767. The lowest BCUT2D eigenvalue weighted by molar-refractivity contribution is 0.175. The predicted molar refractivity (Wildman–Crippen MR) is 83.2 cm³/mol. The van der Waals surface area contributed by atoms with E-state index in [0.29, 0.717) is 18.2 Å². The van der Waals surface area contributed by atoms with Gasteiger partial charge in [0.25, 0.3) is 0 Å². The smallest absolute Gasteiger partial charge is 0.160 e. The van der Waals surface area contributed by atoms with Crippen LogP contribution in [0, 0.1) is 0 Å². The van der Waals surface area contributed by atoms with E-state index in [0.717, 1.165) is 28.2 Å². The first-order valence-corrected chi connectivity index (χ1v) is 6.89. The highest BCUT2D eigenvalue weighted by atomic mass is 35.5. The summed E-state index contributed by atoms with van der Waals surface area (Å²) >= 11 is 5.98. The topological polar surface area (TPSA) is 66.0 Å². The number of imidazole rings is 1. The Balaban J connectivity index is 2.06. The van der Waals surface area contributed by atoms with Gasteiger partial charge in [0, 0.05) is 19.0 Å². The SMILES string of the molecule is COCc1nc2cc(Cl)cnc2n1Cc1ccc(N)cc1. The number of nitrogens with zero attached hydrogens (tertiary/aromatic N) is 3. The number of nitrogens with two attached hydrogens (primary N) is 1. The van der Waals surface area contributed by atoms with E-state index < -0.39 is 0 Å². The molecule has 0 bridgehead atoms. The first-order valence-electron chi connectivity index (χ1n) is 6.51. The van der Waals surface area contributed by atoms with Gasteiger partial charge in [-0.05, 0) is 23.8 Å². The van der Waals surface area contributed by atoms with Gasteiger partial charge in [-0.25, -0.2) is 9.97 Å². The quantitative estimate of drug-likeness (QED) is 0.753. The Kier molecular flexibility index (Phi) is 3.77. The zero-order chi connectivity index (χ0) is 14.8. The second kappa shape index (κ2) is 5.71. The molecule has 2 aromatic heterocycles. The first-order chi connectivity index (χ1) is 10.2. The molecule has 2 heterocycles. The van der Waals surface area contributed by atoms with E-state index in [1.807, 2.05) is 34.9 Å². The number of methoxy groups -OCH3 is 1. The minimum atomic E-state index is 0.420. The number of ether oxygens (including phenoxy) is 1. The predicted octanol–water partition coefficient (Wildman–Crippen LogP) is 2.86. The fourth-order valence-corrected chi connectivity index (χ4v) is 2.40. The molecule has 21 heavy (non-hydrogen) atoms. The highest BCUT2D eigenvalue weighted by molar-refractivity contribution is 6.31. The van der Waals surface area contributed by atoms with E-state index in [1.165, 1.54) is 0 Å². The Hall–Kier alpha value is -2.11. The van der Waals surface area contributed by atoms with Gasteiger partial charge in [-0.2, -0.15) is 0 Å². The van der Waals surface area contributed by atoms with Crippen molar-refractivity contribution in [1.29, 1.82) is 0 Å². The molecule has 0 saturated carbocycles. The third-order valence-electron chi connectivity index (χ3n) is 3.22. The van der Waals surface area contributed by atoms with Crippen LogP contribution in [0.1, 0.15) is 11.4 Å². The third-order valence-corrected chi connectivity index (χ3v) is 3.43. The van der Waals surface area contributed by atoms with Gasteiger partial charge >= 0.3 is 0 Å². The lowest BCUT2D eigenvalue weighted by Crippen LogP contribution is -2.07. The Morgan fingerprint density at radius 2 is 2.05 bits per heavy atom. The highest BCUT2D eigenvalue weighted by Gasteiger charge is 2.12. The third kappa shape index (κ3) is 2.84. The average molecular weight is 303 g/mol. The van der Waals surface area contributed by atoms with Crippen LogP contribution < -0.4 is 5.73 Å². The van der Waals surface area contributed by atoms with E-state index in [-0.39, 0.29) is 0 Å². The number of hydrogen-bond acceptors (Lipinski definition) is 4. The van der Waals surface area contributed by atoms with Crippen molar-refractivity contribution in [1.82, 2.24) is 14.5 Å². The summed E-state index contributed by atoms with van der Waals surface area (Å²) in [6.45, 7) is 1.08. The second-order valence-corrected chi connectivity index (χ2v) is 5.22. The molecule has 0 radical (unpaired) electrons. The molecule has 0 aliphatic rings. The summed E-state index contributed by atoms with van der Waals surface area (Å²) in [5.41, 5.74) is 9.15. The summed E-state index contributed by atoms with van der Waals surface area (Å²) in [6.07, 6.45) is 1.63. The van der Waals surface area contributed by atoms with Gasteiger partial charge in [0.15, 0.2) is 5.65 Å². The van der Waals surface area contributed by atoms with Crippen molar-refractivity contribution in [3.63, 3.8) is 0 Å². The van der Waals surface area contributed by atoms with Crippen LogP contribution in [-0.2, 0) is 17.9 Å². The van der Waals surface area contributed by atoms with Crippen molar-refractivity contribution in [2.24, 2.45) is 0 Å². The molecule has 3 aromatic rings. The summed E-state index contributed by atoms with van der Waals surface area (Å²) in [7, 11) is 1.65. The van der Waals surface area contributed by atoms with Crippen LogP contribution in [0.5, 0.6) is 0 Å². The van der Waals surface area contributed by atoms with Crippen LogP contribution in [0.25, 0.3) is 11.2 Å². The molecule has 3 rings (SSSR count). The largest absolute Gasteiger partial charge is 0.399 e. The maximum absolute atomic E-state index is 5.98. The minimum absolute atomic E-state index is 0.420. The Labute approximate surface area is 127 Å². The van der Waals surface area contributed by atoms with Gasteiger partial charge in [-0.1, -0.05) is 23.7 Å². The van der Waals surface area contributed by atoms with E-state index >= 15 is 0 Å². The van der Waals surface area contributed by atoms with Crippen molar-refractivity contribution < 1.29 is 4.74 Å². The summed E-state index contributed by atoms with van der Waals surface area (Å²) in [5.74, 6) is 0.819. The number of benzene rings is 1. The highest BCUT2D eigenvalue weighted by Crippen LogP contribution is 2.20. The minimum Gasteiger partial charge on any atom is -0.399 e. The molecule has 2 N–H and O–H groups in total. The van der Waals surface area contributed by atoms with Crippen molar-refractivity contribution in [3.8, 4) is 0 Å². The van der Waals surface area contributed by atoms with Crippen molar-refractivity contribution in [3.05, 3.63) is 52.9 Å².